The van der Waals surface area contributed by atoms with Crippen LogP contribution in [0.1, 0.15) is 42.4 Å². The lowest BCUT2D eigenvalue weighted by Crippen LogP contribution is -2.04. The van der Waals surface area contributed by atoms with Crippen molar-refractivity contribution < 1.29 is 9.84 Å². The van der Waals surface area contributed by atoms with Crippen LogP contribution in [0, 0.1) is 13.8 Å². The minimum atomic E-state index is 0.253. The zero-order chi connectivity index (χ0) is 12.1. The third kappa shape index (κ3) is 2.76. The van der Waals surface area contributed by atoms with Gasteiger partial charge < -0.3 is 9.84 Å². The highest BCUT2D eigenvalue weighted by Gasteiger charge is 2.13. The zero-order valence-electron chi connectivity index (χ0n) is 10.7. The molecule has 0 heterocycles. The Morgan fingerprint density at radius 2 is 1.94 bits per heavy atom. The summed E-state index contributed by atoms with van der Waals surface area (Å²) in [6.07, 6.45) is 1.90. The van der Waals surface area contributed by atoms with Crippen molar-refractivity contribution in [1.82, 2.24) is 0 Å². The Morgan fingerprint density at radius 3 is 2.44 bits per heavy atom. The second-order valence-electron chi connectivity index (χ2n) is 4.30. The molecular weight excluding hydrogens is 200 g/mol. The summed E-state index contributed by atoms with van der Waals surface area (Å²) in [5, 5.41) is 9.07. The van der Waals surface area contributed by atoms with Crippen LogP contribution >= 0.6 is 0 Å². The summed E-state index contributed by atoms with van der Waals surface area (Å²) in [5.74, 6) is 1.40. The van der Waals surface area contributed by atoms with Crippen LogP contribution in [0.5, 0.6) is 5.75 Å². The summed E-state index contributed by atoms with van der Waals surface area (Å²) in [5.41, 5.74) is 3.76. The molecule has 0 aromatic heterocycles. The average Bonchev–Trinajstić information content (AvgIpc) is 2.28. The van der Waals surface area contributed by atoms with E-state index in [9.17, 15) is 0 Å². The number of hydrogen-bond acceptors (Lipinski definition) is 2. The van der Waals surface area contributed by atoms with Crippen LogP contribution in [0.4, 0.5) is 0 Å². The molecule has 0 saturated carbocycles. The van der Waals surface area contributed by atoms with Gasteiger partial charge >= 0.3 is 0 Å². The Morgan fingerprint density at radius 1 is 1.25 bits per heavy atom. The van der Waals surface area contributed by atoms with E-state index in [-0.39, 0.29) is 6.61 Å². The van der Waals surface area contributed by atoms with Crippen LogP contribution in [-0.4, -0.2) is 18.8 Å². The molecular formula is C14H22O2. The molecule has 2 nitrogen and oxygen atoms in total. The number of aryl methyl sites for hydroxylation is 2. The lowest BCUT2D eigenvalue weighted by atomic mass is 9.89. The summed E-state index contributed by atoms with van der Waals surface area (Å²) in [6.45, 7) is 6.59. The van der Waals surface area contributed by atoms with Crippen LogP contribution < -0.4 is 4.74 Å². The van der Waals surface area contributed by atoms with Crippen LogP contribution in [0.3, 0.4) is 0 Å². The highest BCUT2D eigenvalue weighted by atomic mass is 16.5. The first-order valence-corrected chi connectivity index (χ1v) is 5.90. The first kappa shape index (κ1) is 13.0. The summed E-state index contributed by atoms with van der Waals surface area (Å²) in [6, 6.07) is 4.28. The first-order valence-electron chi connectivity index (χ1n) is 5.90. The van der Waals surface area contributed by atoms with Gasteiger partial charge in [0.1, 0.15) is 5.75 Å². The maximum Gasteiger partial charge on any atom is 0.122 e. The predicted molar refractivity (Wildman–Crippen MR) is 67.2 cm³/mol. The molecule has 90 valence electrons. The fourth-order valence-corrected chi connectivity index (χ4v) is 2.21. The molecule has 0 aliphatic carbocycles. The summed E-state index contributed by atoms with van der Waals surface area (Å²) in [4.78, 5) is 0. The molecule has 0 bridgehead atoms. The van der Waals surface area contributed by atoms with Gasteiger partial charge in [-0.25, -0.2) is 0 Å². The third-order valence-electron chi connectivity index (χ3n) is 3.19. The van der Waals surface area contributed by atoms with Crippen molar-refractivity contribution in [3.05, 3.63) is 28.8 Å². The predicted octanol–water partition coefficient (Wildman–Crippen LogP) is 3.19. The van der Waals surface area contributed by atoms with Crippen LogP contribution in [-0.2, 0) is 0 Å². The average molecular weight is 222 g/mol. The van der Waals surface area contributed by atoms with Gasteiger partial charge in [-0.15, -0.1) is 0 Å². The van der Waals surface area contributed by atoms with E-state index in [1.165, 1.54) is 16.7 Å². The number of rotatable bonds is 5. The molecule has 0 saturated heterocycles. The van der Waals surface area contributed by atoms with Crippen molar-refractivity contribution in [3.8, 4) is 5.75 Å². The highest BCUT2D eigenvalue weighted by Crippen LogP contribution is 2.31. The molecule has 1 rings (SSSR count). The van der Waals surface area contributed by atoms with Gasteiger partial charge in [-0.1, -0.05) is 13.0 Å². The molecule has 1 atom stereocenters. The van der Waals surface area contributed by atoms with E-state index in [2.05, 4.69) is 32.9 Å². The van der Waals surface area contributed by atoms with Crippen molar-refractivity contribution in [2.75, 3.05) is 13.7 Å². The van der Waals surface area contributed by atoms with Gasteiger partial charge in [-0.05, 0) is 55.4 Å². The minimum Gasteiger partial charge on any atom is -0.496 e. The van der Waals surface area contributed by atoms with Crippen LogP contribution in [0.25, 0.3) is 0 Å². The van der Waals surface area contributed by atoms with Gasteiger partial charge in [0.25, 0.3) is 0 Å². The Hall–Kier alpha value is -1.02. The van der Waals surface area contributed by atoms with Gasteiger partial charge in [-0.3, -0.25) is 0 Å². The standard InChI is InChI=1S/C14H22O2/c1-5-12(6-7-15)13-8-11(3)14(16-4)9-10(13)2/h8-9,12,15H,5-7H2,1-4H3. The molecule has 1 N–H and O–H groups in total. The Labute approximate surface area is 98.3 Å². The summed E-state index contributed by atoms with van der Waals surface area (Å²) < 4.78 is 5.30. The minimum absolute atomic E-state index is 0.253. The van der Waals surface area contributed by atoms with E-state index < -0.39 is 0 Å². The number of ether oxygens (including phenoxy) is 1. The Kier molecular flexibility index (Phi) is 4.81. The molecule has 1 aromatic rings. The van der Waals surface area contributed by atoms with Gasteiger partial charge in [0.15, 0.2) is 0 Å². The fourth-order valence-electron chi connectivity index (χ4n) is 2.21. The SMILES string of the molecule is CCC(CCO)c1cc(C)c(OC)cc1C. The van der Waals surface area contributed by atoms with Gasteiger partial charge in [0, 0.05) is 6.61 Å². The smallest absolute Gasteiger partial charge is 0.122 e. The molecule has 0 aliphatic heterocycles. The normalized spacial score (nSPS) is 12.6. The molecule has 0 radical (unpaired) electrons. The maximum atomic E-state index is 9.07. The number of methoxy groups -OCH3 is 1. The zero-order valence-corrected chi connectivity index (χ0v) is 10.7. The molecule has 16 heavy (non-hydrogen) atoms. The van der Waals surface area contributed by atoms with Crippen LogP contribution in [0.15, 0.2) is 12.1 Å². The van der Waals surface area contributed by atoms with Crippen molar-refractivity contribution in [1.29, 1.82) is 0 Å². The maximum absolute atomic E-state index is 9.07. The second kappa shape index (κ2) is 5.90. The molecule has 0 amide bonds. The molecule has 1 aromatic carbocycles. The first-order chi connectivity index (χ1) is 7.63. The van der Waals surface area contributed by atoms with Crippen LogP contribution in [0.2, 0.25) is 0 Å². The third-order valence-corrected chi connectivity index (χ3v) is 3.19. The largest absolute Gasteiger partial charge is 0.496 e. The number of aliphatic hydroxyl groups excluding tert-OH is 1. The van der Waals surface area contributed by atoms with E-state index in [4.69, 9.17) is 9.84 Å². The van der Waals surface area contributed by atoms with Gasteiger partial charge in [0.05, 0.1) is 7.11 Å². The number of benzene rings is 1. The van der Waals surface area contributed by atoms with E-state index >= 15 is 0 Å². The van der Waals surface area contributed by atoms with Crippen molar-refractivity contribution in [2.24, 2.45) is 0 Å². The molecule has 0 fully saturated rings. The fraction of sp³-hybridized carbons (Fsp3) is 0.571. The molecule has 2 heteroatoms. The second-order valence-corrected chi connectivity index (χ2v) is 4.30. The van der Waals surface area contributed by atoms with E-state index in [0.717, 1.165) is 18.6 Å². The van der Waals surface area contributed by atoms with Crippen molar-refractivity contribution in [2.45, 2.75) is 39.5 Å². The summed E-state index contributed by atoms with van der Waals surface area (Å²) in [7, 11) is 1.70. The lowest BCUT2D eigenvalue weighted by Gasteiger charge is -2.18. The van der Waals surface area contributed by atoms with Gasteiger partial charge in [-0.2, -0.15) is 0 Å². The highest BCUT2D eigenvalue weighted by molar-refractivity contribution is 5.43. The monoisotopic (exact) mass is 222 g/mol. The molecule has 1 unspecified atom stereocenters. The quantitative estimate of drug-likeness (QED) is 0.829. The van der Waals surface area contributed by atoms with E-state index in [1.54, 1.807) is 7.11 Å². The Balaban J connectivity index is 3.08. The van der Waals surface area contributed by atoms with Crippen molar-refractivity contribution >= 4 is 0 Å². The van der Waals surface area contributed by atoms with E-state index in [0.29, 0.717) is 5.92 Å². The topological polar surface area (TPSA) is 29.5 Å². The summed E-state index contributed by atoms with van der Waals surface area (Å²) >= 11 is 0. The number of aliphatic hydroxyl groups is 1. The number of hydrogen-bond donors (Lipinski definition) is 1. The van der Waals surface area contributed by atoms with Gasteiger partial charge in [0.2, 0.25) is 0 Å². The Bertz CT molecular complexity index is 345. The van der Waals surface area contributed by atoms with Crippen molar-refractivity contribution in [3.63, 3.8) is 0 Å². The molecule has 0 aliphatic rings. The van der Waals surface area contributed by atoms with E-state index in [1.807, 2.05) is 0 Å². The molecule has 0 spiro atoms. The lowest BCUT2D eigenvalue weighted by molar-refractivity contribution is 0.274.